The Labute approximate surface area is 192 Å². The molecule has 1 amide bonds. The molecule has 0 bridgehead atoms. The highest BCUT2D eigenvalue weighted by atomic mass is 16.1. The first-order valence-electron chi connectivity index (χ1n) is 11.3. The Morgan fingerprint density at radius 3 is 2.42 bits per heavy atom. The number of rotatable bonds is 5. The lowest BCUT2D eigenvalue weighted by Crippen LogP contribution is -2.30. The molecule has 2 heterocycles. The van der Waals surface area contributed by atoms with E-state index in [1.807, 2.05) is 61.5 Å². The van der Waals surface area contributed by atoms with Crippen LogP contribution in [0.3, 0.4) is 0 Å². The number of carbonyl (C=O) groups is 1. The smallest absolute Gasteiger partial charge is 0.267 e. The molecule has 166 valence electrons. The zero-order valence-corrected chi connectivity index (χ0v) is 18.6. The van der Waals surface area contributed by atoms with Crippen molar-refractivity contribution in [2.45, 2.75) is 26.3 Å². The number of aryl methyl sites for hydroxylation is 1. The fourth-order valence-corrected chi connectivity index (χ4v) is 4.25. The summed E-state index contributed by atoms with van der Waals surface area (Å²) in [4.78, 5) is 33.4. The van der Waals surface area contributed by atoms with Gasteiger partial charge in [-0.05, 0) is 55.7 Å². The van der Waals surface area contributed by atoms with Gasteiger partial charge in [0.2, 0.25) is 5.95 Å². The van der Waals surface area contributed by atoms with Crippen LogP contribution in [0.1, 0.15) is 34.3 Å². The number of amides is 1. The minimum absolute atomic E-state index is 0.123. The fourth-order valence-electron chi connectivity index (χ4n) is 4.25. The summed E-state index contributed by atoms with van der Waals surface area (Å²) in [5.74, 6) is 0.448. The quantitative estimate of drug-likeness (QED) is 0.507. The first-order chi connectivity index (χ1) is 16.1. The normalized spacial score (nSPS) is 13.4. The van der Waals surface area contributed by atoms with Crippen LogP contribution in [-0.2, 0) is 6.54 Å². The molecule has 1 aromatic heterocycles. The van der Waals surface area contributed by atoms with E-state index in [1.54, 1.807) is 22.8 Å². The summed E-state index contributed by atoms with van der Waals surface area (Å²) < 4.78 is 1.70. The van der Waals surface area contributed by atoms with Crippen LogP contribution < -0.4 is 15.8 Å². The summed E-state index contributed by atoms with van der Waals surface area (Å²) in [6, 6.07) is 22.8. The number of hydrogen-bond donors (Lipinski definition) is 1. The first-order valence-corrected chi connectivity index (χ1v) is 11.3. The van der Waals surface area contributed by atoms with Gasteiger partial charge in [-0.1, -0.05) is 48.0 Å². The van der Waals surface area contributed by atoms with Crippen LogP contribution in [0, 0.1) is 6.92 Å². The lowest BCUT2D eigenvalue weighted by molar-refractivity contribution is 0.0951. The Balaban J connectivity index is 1.55. The van der Waals surface area contributed by atoms with E-state index in [2.05, 4.69) is 10.2 Å². The molecule has 1 fully saturated rings. The summed E-state index contributed by atoms with van der Waals surface area (Å²) in [6.07, 6.45) is 2.15. The largest absolute Gasteiger partial charge is 0.348 e. The van der Waals surface area contributed by atoms with Crippen molar-refractivity contribution in [2.24, 2.45) is 0 Å². The second kappa shape index (κ2) is 8.90. The molecule has 1 saturated heterocycles. The second-order valence-electron chi connectivity index (χ2n) is 8.48. The van der Waals surface area contributed by atoms with E-state index in [0.717, 1.165) is 42.7 Å². The van der Waals surface area contributed by atoms with Crippen molar-refractivity contribution in [3.8, 4) is 5.69 Å². The Bertz CT molecular complexity index is 1360. The van der Waals surface area contributed by atoms with Crippen LogP contribution in [0.5, 0.6) is 0 Å². The van der Waals surface area contributed by atoms with Crippen molar-refractivity contribution in [1.82, 2.24) is 14.9 Å². The van der Waals surface area contributed by atoms with Gasteiger partial charge in [-0.25, -0.2) is 9.55 Å². The molecule has 5 rings (SSSR count). The number of fused-ring (bicyclic) bond motifs is 1. The van der Waals surface area contributed by atoms with Crippen molar-refractivity contribution in [3.63, 3.8) is 0 Å². The average molecular weight is 439 g/mol. The fraction of sp³-hybridized carbons (Fsp3) is 0.222. The predicted molar refractivity (Wildman–Crippen MR) is 131 cm³/mol. The van der Waals surface area contributed by atoms with Crippen molar-refractivity contribution >= 4 is 22.8 Å². The molecule has 0 unspecified atom stereocenters. The van der Waals surface area contributed by atoms with Gasteiger partial charge in [0.05, 0.1) is 16.6 Å². The third-order valence-corrected chi connectivity index (χ3v) is 6.09. The van der Waals surface area contributed by atoms with E-state index in [-0.39, 0.29) is 11.5 Å². The molecular weight excluding hydrogens is 412 g/mol. The molecule has 1 aliphatic heterocycles. The van der Waals surface area contributed by atoms with Crippen molar-refractivity contribution in [3.05, 3.63) is 99.8 Å². The molecule has 1 N–H and O–H groups in total. The number of benzene rings is 3. The molecular formula is C27H26N4O2. The van der Waals surface area contributed by atoms with Crippen LogP contribution in [0.25, 0.3) is 16.6 Å². The Morgan fingerprint density at radius 1 is 0.970 bits per heavy atom. The van der Waals surface area contributed by atoms with Gasteiger partial charge in [0, 0.05) is 25.2 Å². The summed E-state index contributed by atoms with van der Waals surface area (Å²) in [5.41, 5.74) is 3.87. The molecule has 0 spiro atoms. The highest BCUT2D eigenvalue weighted by Gasteiger charge is 2.21. The Morgan fingerprint density at radius 2 is 1.70 bits per heavy atom. The van der Waals surface area contributed by atoms with E-state index < -0.39 is 0 Å². The molecule has 33 heavy (non-hydrogen) atoms. The van der Waals surface area contributed by atoms with Crippen molar-refractivity contribution in [2.75, 3.05) is 18.0 Å². The summed E-state index contributed by atoms with van der Waals surface area (Å²) in [7, 11) is 0. The van der Waals surface area contributed by atoms with E-state index in [4.69, 9.17) is 4.98 Å². The van der Waals surface area contributed by atoms with E-state index in [0.29, 0.717) is 29.0 Å². The minimum atomic E-state index is -0.187. The van der Waals surface area contributed by atoms with Gasteiger partial charge in [-0.15, -0.1) is 0 Å². The summed E-state index contributed by atoms with van der Waals surface area (Å²) in [5, 5.41) is 3.44. The highest BCUT2D eigenvalue weighted by Crippen LogP contribution is 2.23. The highest BCUT2D eigenvalue weighted by molar-refractivity contribution is 5.97. The number of aromatic nitrogens is 2. The number of nitrogens with zero attached hydrogens (tertiary/aromatic N) is 3. The molecule has 1 aliphatic rings. The monoisotopic (exact) mass is 438 g/mol. The maximum Gasteiger partial charge on any atom is 0.267 e. The Kier molecular flexibility index (Phi) is 5.65. The van der Waals surface area contributed by atoms with E-state index >= 15 is 0 Å². The molecule has 0 aliphatic carbocycles. The molecule has 3 aromatic carbocycles. The standard InChI is InChI=1S/C27H26N4O2/c1-19-9-12-22(13-10-19)31-26(33)23-14-11-21(25(32)28-18-20-7-3-2-4-8-20)17-24(23)29-27(31)30-15-5-6-16-30/h2-4,7-14,17H,5-6,15-16,18H2,1H3,(H,28,32). The number of hydrogen-bond acceptors (Lipinski definition) is 4. The molecule has 0 radical (unpaired) electrons. The summed E-state index contributed by atoms with van der Waals surface area (Å²) in [6.45, 7) is 4.19. The Hall–Kier alpha value is -3.93. The lowest BCUT2D eigenvalue weighted by Gasteiger charge is -2.22. The second-order valence-corrected chi connectivity index (χ2v) is 8.48. The topological polar surface area (TPSA) is 67.2 Å². The molecule has 0 atom stereocenters. The van der Waals surface area contributed by atoms with Gasteiger partial charge in [0.25, 0.3) is 11.5 Å². The van der Waals surface area contributed by atoms with Gasteiger partial charge < -0.3 is 10.2 Å². The molecule has 6 nitrogen and oxygen atoms in total. The van der Waals surface area contributed by atoms with Crippen molar-refractivity contribution < 1.29 is 4.79 Å². The van der Waals surface area contributed by atoms with Gasteiger partial charge in [-0.3, -0.25) is 9.59 Å². The van der Waals surface area contributed by atoms with Crippen LogP contribution in [-0.4, -0.2) is 28.5 Å². The van der Waals surface area contributed by atoms with Gasteiger partial charge in [-0.2, -0.15) is 0 Å². The molecule has 6 heteroatoms. The predicted octanol–water partition coefficient (Wildman–Crippen LogP) is 4.22. The maximum absolute atomic E-state index is 13.6. The van der Waals surface area contributed by atoms with Gasteiger partial charge in [0.1, 0.15) is 0 Å². The van der Waals surface area contributed by atoms with Gasteiger partial charge in [0.15, 0.2) is 0 Å². The van der Waals surface area contributed by atoms with Crippen LogP contribution in [0.2, 0.25) is 0 Å². The summed E-state index contributed by atoms with van der Waals surface area (Å²) >= 11 is 0. The molecule has 4 aromatic rings. The minimum Gasteiger partial charge on any atom is -0.348 e. The molecule has 0 saturated carbocycles. The van der Waals surface area contributed by atoms with Crippen LogP contribution in [0.4, 0.5) is 5.95 Å². The van der Waals surface area contributed by atoms with Gasteiger partial charge >= 0.3 is 0 Å². The third kappa shape index (κ3) is 4.24. The zero-order valence-electron chi connectivity index (χ0n) is 18.6. The first kappa shape index (κ1) is 20.9. The zero-order chi connectivity index (χ0) is 22.8. The third-order valence-electron chi connectivity index (χ3n) is 6.09. The number of anilines is 1. The SMILES string of the molecule is Cc1ccc(-n2c(N3CCCC3)nc3cc(C(=O)NCc4ccccc4)ccc3c2=O)cc1. The number of carbonyl (C=O) groups excluding carboxylic acids is 1. The van der Waals surface area contributed by atoms with E-state index in [9.17, 15) is 9.59 Å². The van der Waals surface area contributed by atoms with Crippen LogP contribution in [0.15, 0.2) is 77.6 Å². The van der Waals surface area contributed by atoms with Crippen molar-refractivity contribution in [1.29, 1.82) is 0 Å². The lowest BCUT2D eigenvalue weighted by atomic mass is 10.1. The van der Waals surface area contributed by atoms with Crippen LogP contribution >= 0.6 is 0 Å². The van der Waals surface area contributed by atoms with E-state index in [1.165, 1.54) is 0 Å². The maximum atomic E-state index is 13.6. The average Bonchev–Trinajstić information content (AvgIpc) is 3.38. The number of nitrogens with one attached hydrogen (secondary N) is 1.